The third-order valence-electron chi connectivity index (χ3n) is 3.62. The highest BCUT2D eigenvalue weighted by Gasteiger charge is 2.23. The third kappa shape index (κ3) is 2.26. The van der Waals surface area contributed by atoms with Gasteiger partial charge in [0.2, 0.25) is 0 Å². The molecule has 0 aliphatic carbocycles. The Morgan fingerprint density at radius 3 is 2.67 bits per heavy atom. The molecule has 0 fully saturated rings. The number of halogens is 1. The minimum Gasteiger partial charge on any atom is -0.302 e. The first-order valence-electron chi connectivity index (χ1n) is 6.99. The molecule has 0 bridgehead atoms. The number of rotatable bonds is 4. The lowest BCUT2D eigenvalue weighted by atomic mass is 10.3. The number of nitrogens with zero attached hydrogens (tertiary/aromatic N) is 5. The number of imidazole rings is 1. The number of hydrogen-bond acceptors (Lipinski definition) is 4. The normalized spacial score (nSPS) is 13.2. The summed E-state index contributed by atoms with van der Waals surface area (Å²) in [6.07, 6.45) is 0. The second-order valence-corrected chi connectivity index (χ2v) is 6.27. The van der Waals surface area contributed by atoms with E-state index in [2.05, 4.69) is 38.9 Å². The molecule has 0 aliphatic rings. The fraction of sp³-hybridized carbons (Fsp3) is 0.500. The van der Waals surface area contributed by atoms with Crippen molar-refractivity contribution in [1.29, 1.82) is 0 Å². The first kappa shape index (κ1) is 14.5. The average Bonchev–Trinajstić information content (AvgIpc) is 3.13. The van der Waals surface area contributed by atoms with E-state index in [1.807, 2.05) is 18.5 Å². The standard InChI is InChI=1S/C14H18ClN5S/c1-5-19-14-12(9(3)18-19)17-11(6-15)20(14)10(4)13-16-8(2)7-21-13/h7,10H,5-6H2,1-4H3. The summed E-state index contributed by atoms with van der Waals surface area (Å²) in [6.45, 7) is 9.03. The second kappa shape index (κ2) is 5.42. The minimum atomic E-state index is 0.101. The zero-order chi connectivity index (χ0) is 15.1. The number of hydrogen-bond donors (Lipinski definition) is 0. The molecule has 0 spiro atoms. The van der Waals surface area contributed by atoms with Crippen molar-refractivity contribution in [1.82, 2.24) is 24.3 Å². The van der Waals surface area contributed by atoms with Crippen LogP contribution in [0.2, 0.25) is 0 Å². The van der Waals surface area contributed by atoms with Crippen LogP contribution >= 0.6 is 22.9 Å². The molecule has 5 nitrogen and oxygen atoms in total. The summed E-state index contributed by atoms with van der Waals surface area (Å²) in [4.78, 5) is 9.29. The lowest BCUT2D eigenvalue weighted by molar-refractivity contribution is 0.584. The van der Waals surface area contributed by atoms with Crippen molar-refractivity contribution in [3.63, 3.8) is 0 Å². The summed E-state index contributed by atoms with van der Waals surface area (Å²) in [7, 11) is 0. The molecule has 0 aliphatic heterocycles. The van der Waals surface area contributed by atoms with Gasteiger partial charge in [-0.1, -0.05) is 0 Å². The predicted octanol–water partition coefficient (Wildman–Crippen LogP) is 3.67. The van der Waals surface area contributed by atoms with Gasteiger partial charge >= 0.3 is 0 Å². The molecule has 7 heteroatoms. The molecule has 0 N–H and O–H groups in total. The fourth-order valence-corrected chi connectivity index (χ4v) is 3.66. The van der Waals surface area contributed by atoms with Crippen LogP contribution in [0, 0.1) is 13.8 Å². The Balaban J connectivity index is 2.24. The Morgan fingerprint density at radius 1 is 1.33 bits per heavy atom. The molecule has 3 rings (SSSR count). The summed E-state index contributed by atoms with van der Waals surface area (Å²) in [5.41, 5.74) is 3.96. The van der Waals surface area contributed by atoms with Crippen molar-refractivity contribution >= 4 is 34.1 Å². The van der Waals surface area contributed by atoms with E-state index in [9.17, 15) is 0 Å². The van der Waals surface area contributed by atoms with Gasteiger partial charge < -0.3 is 4.57 Å². The maximum atomic E-state index is 6.12. The van der Waals surface area contributed by atoms with E-state index in [4.69, 9.17) is 11.6 Å². The first-order chi connectivity index (χ1) is 10.1. The van der Waals surface area contributed by atoms with Gasteiger partial charge in [0.1, 0.15) is 16.3 Å². The maximum Gasteiger partial charge on any atom is 0.159 e. The molecule has 0 aromatic carbocycles. The highest BCUT2D eigenvalue weighted by atomic mass is 35.5. The van der Waals surface area contributed by atoms with E-state index in [0.717, 1.165) is 39.9 Å². The maximum absolute atomic E-state index is 6.12. The Labute approximate surface area is 132 Å². The molecule has 21 heavy (non-hydrogen) atoms. The van der Waals surface area contributed by atoms with Crippen LogP contribution in [0.1, 0.15) is 42.1 Å². The van der Waals surface area contributed by atoms with Crippen LogP contribution in [0.25, 0.3) is 11.2 Å². The topological polar surface area (TPSA) is 48.5 Å². The van der Waals surface area contributed by atoms with Crippen molar-refractivity contribution in [2.75, 3.05) is 0 Å². The molecular formula is C14H18ClN5S. The Bertz CT molecular complexity index is 785. The molecule has 0 radical (unpaired) electrons. The SMILES string of the molecule is CCn1nc(C)c2nc(CCl)n(C(C)c3nc(C)cs3)c21. The molecule has 3 heterocycles. The quantitative estimate of drug-likeness (QED) is 0.688. The predicted molar refractivity (Wildman–Crippen MR) is 86.2 cm³/mol. The largest absolute Gasteiger partial charge is 0.302 e. The summed E-state index contributed by atoms with van der Waals surface area (Å²) in [5, 5.41) is 7.70. The van der Waals surface area contributed by atoms with Crippen molar-refractivity contribution in [3.8, 4) is 0 Å². The van der Waals surface area contributed by atoms with Crippen LogP contribution < -0.4 is 0 Å². The molecule has 0 amide bonds. The molecule has 3 aromatic rings. The number of fused-ring (bicyclic) bond motifs is 1. The van der Waals surface area contributed by atoms with Crippen LogP contribution in [-0.4, -0.2) is 24.3 Å². The van der Waals surface area contributed by atoms with Crippen LogP contribution in [-0.2, 0) is 12.4 Å². The van der Waals surface area contributed by atoms with Crippen molar-refractivity contribution in [2.24, 2.45) is 0 Å². The molecule has 3 aromatic heterocycles. The zero-order valence-electron chi connectivity index (χ0n) is 12.6. The number of alkyl halides is 1. The van der Waals surface area contributed by atoms with Gasteiger partial charge in [-0.15, -0.1) is 22.9 Å². The Kier molecular flexibility index (Phi) is 3.75. The highest BCUT2D eigenvalue weighted by Crippen LogP contribution is 2.29. The smallest absolute Gasteiger partial charge is 0.159 e. The Morgan fingerprint density at radius 2 is 2.10 bits per heavy atom. The second-order valence-electron chi connectivity index (χ2n) is 5.11. The van der Waals surface area contributed by atoms with Crippen LogP contribution in [0.5, 0.6) is 0 Å². The number of aromatic nitrogens is 5. The van der Waals surface area contributed by atoms with Crippen molar-refractivity contribution < 1.29 is 0 Å². The van der Waals surface area contributed by atoms with Gasteiger partial charge in [-0.25, -0.2) is 14.6 Å². The summed E-state index contributed by atoms with van der Waals surface area (Å²) in [5.74, 6) is 1.25. The van der Waals surface area contributed by atoms with Gasteiger partial charge in [0.15, 0.2) is 5.65 Å². The van der Waals surface area contributed by atoms with E-state index in [-0.39, 0.29) is 6.04 Å². The molecule has 0 saturated carbocycles. The van der Waals surface area contributed by atoms with E-state index in [1.165, 1.54) is 0 Å². The summed E-state index contributed by atoms with van der Waals surface area (Å²) >= 11 is 7.79. The van der Waals surface area contributed by atoms with Gasteiger partial charge in [0.25, 0.3) is 0 Å². The fourth-order valence-electron chi connectivity index (χ4n) is 2.63. The van der Waals surface area contributed by atoms with Crippen LogP contribution in [0.15, 0.2) is 5.38 Å². The van der Waals surface area contributed by atoms with Crippen molar-refractivity contribution in [2.45, 2.75) is 46.2 Å². The first-order valence-corrected chi connectivity index (χ1v) is 8.40. The van der Waals surface area contributed by atoms with Gasteiger partial charge in [0.05, 0.1) is 17.6 Å². The molecule has 1 atom stereocenters. The average molecular weight is 324 g/mol. The molecule has 112 valence electrons. The van der Waals surface area contributed by atoms with Gasteiger partial charge in [-0.05, 0) is 27.7 Å². The van der Waals surface area contributed by atoms with E-state index < -0.39 is 0 Å². The van der Waals surface area contributed by atoms with E-state index in [1.54, 1.807) is 11.3 Å². The molecule has 1 unspecified atom stereocenters. The van der Waals surface area contributed by atoms with Gasteiger partial charge in [-0.3, -0.25) is 0 Å². The Hall–Kier alpha value is -1.40. The van der Waals surface area contributed by atoms with Crippen LogP contribution in [0.3, 0.4) is 0 Å². The summed E-state index contributed by atoms with van der Waals surface area (Å²) in [6, 6.07) is 0.101. The van der Waals surface area contributed by atoms with Crippen LogP contribution in [0.4, 0.5) is 0 Å². The van der Waals surface area contributed by atoms with Gasteiger partial charge in [-0.2, -0.15) is 5.10 Å². The van der Waals surface area contributed by atoms with E-state index >= 15 is 0 Å². The molecule has 0 saturated heterocycles. The highest BCUT2D eigenvalue weighted by molar-refractivity contribution is 7.09. The number of aryl methyl sites for hydroxylation is 3. The lowest BCUT2D eigenvalue weighted by Gasteiger charge is -2.15. The lowest BCUT2D eigenvalue weighted by Crippen LogP contribution is -2.13. The van der Waals surface area contributed by atoms with Crippen molar-refractivity contribution in [3.05, 3.63) is 27.6 Å². The van der Waals surface area contributed by atoms with E-state index in [0.29, 0.717) is 5.88 Å². The monoisotopic (exact) mass is 323 g/mol. The zero-order valence-corrected chi connectivity index (χ0v) is 14.2. The van der Waals surface area contributed by atoms with Gasteiger partial charge in [0, 0.05) is 17.6 Å². The molecular weight excluding hydrogens is 306 g/mol. The summed E-state index contributed by atoms with van der Waals surface area (Å²) < 4.78 is 4.16. The third-order valence-corrected chi connectivity index (χ3v) is 4.99. The number of thiazole rings is 1. The minimum absolute atomic E-state index is 0.101.